The first-order valence-electron chi connectivity index (χ1n) is 10.1. The molecular weight excluding hydrogens is 395 g/mol. The normalized spacial score (nSPS) is 17.8. The molecule has 0 spiro atoms. The Morgan fingerprint density at radius 1 is 1.14 bits per heavy atom. The van der Waals surface area contributed by atoms with Gasteiger partial charge in [0.05, 0.1) is 11.4 Å². The fraction of sp³-hybridized carbons (Fsp3) is 0.650. The van der Waals surface area contributed by atoms with Gasteiger partial charge in [-0.25, -0.2) is 9.97 Å². The number of hydrogen-bond donors (Lipinski definition) is 3. The first-order valence-corrected chi connectivity index (χ1v) is 10.1. The molecule has 156 valence electrons. The van der Waals surface area contributed by atoms with E-state index in [1.165, 1.54) is 36.9 Å². The van der Waals surface area contributed by atoms with Crippen LogP contribution in [0.2, 0.25) is 0 Å². The summed E-state index contributed by atoms with van der Waals surface area (Å²) in [6.07, 6.45) is 7.97. The van der Waals surface area contributed by atoms with E-state index >= 15 is 0 Å². The Hall–Kier alpha value is -1.37. The van der Waals surface area contributed by atoms with E-state index in [1.54, 1.807) is 0 Å². The largest absolute Gasteiger partial charge is 0.367 e. The van der Waals surface area contributed by atoms with E-state index in [2.05, 4.69) is 33.8 Å². The lowest BCUT2D eigenvalue weighted by atomic mass is 10.0. The van der Waals surface area contributed by atoms with Crippen LogP contribution in [0.25, 0.3) is 0 Å². The highest BCUT2D eigenvalue weighted by Crippen LogP contribution is 2.34. The zero-order chi connectivity index (χ0) is 17.9. The number of hydrogen-bond acceptors (Lipinski definition) is 5. The molecule has 1 aliphatic heterocycles. The fourth-order valence-electron chi connectivity index (χ4n) is 4.23. The molecule has 28 heavy (non-hydrogen) atoms. The Morgan fingerprint density at radius 3 is 2.61 bits per heavy atom. The standard InChI is InChI=1S/C20H30N6.2ClH/c1-13(11-16-12-14(2)25-26-16)22-20-17-7-9-21-10-8-18(17)23-19(24-20)15-5-3-4-6-15;;/h12-13,15,21H,3-11H2,1-2H3,(H,25,26)(H,22,23,24);2*1H. The van der Waals surface area contributed by atoms with Crippen LogP contribution < -0.4 is 10.6 Å². The molecule has 0 aromatic carbocycles. The van der Waals surface area contributed by atoms with Gasteiger partial charge in [-0.2, -0.15) is 5.10 Å². The van der Waals surface area contributed by atoms with Crippen molar-refractivity contribution in [3.8, 4) is 0 Å². The molecule has 1 fully saturated rings. The van der Waals surface area contributed by atoms with Crippen LogP contribution in [0.4, 0.5) is 5.82 Å². The number of fused-ring (bicyclic) bond motifs is 1. The third-order valence-corrected chi connectivity index (χ3v) is 5.58. The molecule has 1 aliphatic carbocycles. The highest BCUT2D eigenvalue weighted by atomic mass is 35.5. The molecule has 1 saturated carbocycles. The van der Waals surface area contributed by atoms with Gasteiger partial charge in [0.25, 0.3) is 0 Å². The van der Waals surface area contributed by atoms with Crippen LogP contribution in [0.5, 0.6) is 0 Å². The maximum Gasteiger partial charge on any atom is 0.134 e. The smallest absolute Gasteiger partial charge is 0.134 e. The number of H-pyrrole nitrogens is 1. The molecule has 3 N–H and O–H groups in total. The predicted octanol–water partition coefficient (Wildman–Crippen LogP) is 3.74. The van der Waals surface area contributed by atoms with Gasteiger partial charge >= 0.3 is 0 Å². The number of anilines is 1. The van der Waals surface area contributed by atoms with E-state index in [1.807, 2.05) is 6.92 Å². The van der Waals surface area contributed by atoms with E-state index in [-0.39, 0.29) is 30.9 Å². The van der Waals surface area contributed by atoms with E-state index in [4.69, 9.17) is 9.97 Å². The van der Waals surface area contributed by atoms with Crippen molar-refractivity contribution in [2.75, 3.05) is 18.4 Å². The molecule has 6 nitrogen and oxygen atoms in total. The maximum atomic E-state index is 5.02. The van der Waals surface area contributed by atoms with Gasteiger partial charge in [-0.3, -0.25) is 5.10 Å². The van der Waals surface area contributed by atoms with E-state index in [0.29, 0.717) is 5.92 Å². The summed E-state index contributed by atoms with van der Waals surface area (Å²) in [5.41, 5.74) is 4.76. The lowest BCUT2D eigenvalue weighted by molar-refractivity contribution is 0.654. The van der Waals surface area contributed by atoms with Crippen molar-refractivity contribution in [1.82, 2.24) is 25.5 Å². The molecular formula is C20H32Cl2N6. The summed E-state index contributed by atoms with van der Waals surface area (Å²) >= 11 is 0. The van der Waals surface area contributed by atoms with Crippen LogP contribution in [-0.4, -0.2) is 39.3 Å². The van der Waals surface area contributed by atoms with Crippen molar-refractivity contribution >= 4 is 30.6 Å². The van der Waals surface area contributed by atoms with E-state index in [9.17, 15) is 0 Å². The van der Waals surface area contributed by atoms with Crippen LogP contribution >= 0.6 is 24.8 Å². The number of aromatic nitrogens is 4. The van der Waals surface area contributed by atoms with Crippen molar-refractivity contribution in [3.05, 3.63) is 34.5 Å². The molecule has 0 amide bonds. The number of aromatic amines is 1. The molecule has 3 heterocycles. The minimum Gasteiger partial charge on any atom is -0.367 e. The molecule has 1 unspecified atom stereocenters. The summed E-state index contributed by atoms with van der Waals surface area (Å²) in [6.45, 7) is 6.26. The second-order valence-electron chi connectivity index (χ2n) is 7.88. The average Bonchev–Trinajstić information content (AvgIpc) is 3.22. The minimum absolute atomic E-state index is 0. The summed E-state index contributed by atoms with van der Waals surface area (Å²) in [5.74, 6) is 2.66. The maximum absolute atomic E-state index is 5.02. The molecule has 2 aliphatic rings. The highest BCUT2D eigenvalue weighted by Gasteiger charge is 2.24. The number of halogens is 2. The van der Waals surface area contributed by atoms with Crippen molar-refractivity contribution < 1.29 is 0 Å². The van der Waals surface area contributed by atoms with Gasteiger partial charge in [-0.1, -0.05) is 12.8 Å². The number of rotatable bonds is 5. The number of nitrogens with zero attached hydrogens (tertiary/aromatic N) is 3. The SMILES string of the molecule is Cc1cc(CC(C)Nc2nc(C3CCCC3)nc3c2CCNCC3)n[nH]1.Cl.Cl. The Morgan fingerprint density at radius 2 is 1.89 bits per heavy atom. The molecule has 0 radical (unpaired) electrons. The molecule has 2 aromatic heterocycles. The number of nitrogens with one attached hydrogen (secondary N) is 3. The second-order valence-corrected chi connectivity index (χ2v) is 7.88. The van der Waals surface area contributed by atoms with E-state index < -0.39 is 0 Å². The summed E-state index contributed by atoms with van der Waals surface area (Å²) in [5, 5.41) is 14.6. The van der Waals surface area contributed by atoms with Crippen LogP contribution in [0, 0.1) is 6.92 Å². The molecule has 8 heteroatoms. The second kappa shape index (κ2) is 10.4. The first kappa shape index (κ1) is 22.9. The van der Waals surface area contributed by atoms with E-state index in [0.717, 1.165) is 55.4 Å². The highest BCUT2D eigenvalue weighted by molar-refractivity contribution is 5.85. The summed E-state index contributed by atoms with van der Waals surface area (Å²) < 4.78 is 0. The molecule has 0 bridgehead atoms. The third kappa shape index (κ3) is 5.37. The fourth-order valence-corrected chi connectivity index (χ4v) is 4.23. The minimum atomic E-state index is 0. The predicted molar refractivity (Wildman–Crippen MR) is 118 cm³/mol. The van der Waals surface area contributed by atoms with Gasteiger partial charge < -0.3 is 10.6 Å². The molecule has 2 aromatic rings. The lowest BCUT2D eigenvalue weighted by Crippen LogP contribution is -2.22. The van der Waals surface area contributed by atoms with Gasteiger partial charge in [-0.15, -0.1) is 24.8 Å². The summed E-state index contributed by atoms with van der Waals surface area (Å²) in [4.78, 5) is 10.0. The molecule has 1 atom stereocenters. The quantitative estimate of drug-likeness (QED) is 0.678. The van der Waals surface area contributed by atoms with Crippen molar-refractivity contribution in [2.24, 2.45) is 0 Å². The van der Waals surface area contributed by atoms with Crippen LogP contribution in [0.15, 0.2) is 6.07 Å². The average molecular weight is 427 g/mol. The van der Waals surface area contributed by atoms with Gasteiger partial charge in [0.2, 0.25) is 0 Å². The Labute approximate surface area is 179 Å². The molecule has 0 saturated heterocycles. The van der Waals surface area contributed by atoms with Gasteiger partial charge in [0.15, 0.2) is 0 Å². The topological polar surface area (TPSA) is 78.5 Å². The third-order valence-electron chi connectivity index (χ3n) is 5.58. The van der Waals surface area contributed by atoms with Crippen LogP contribution in [0.3, 0.4) is 0 Å². The Kier molecular flexibility index (Phi) is 8.53. The lowest BCUT2D eigenvalue weighted by Gasteiger charge is -2.20. The number of aryl methyl sites for hydroxylation is 1. The van der Waals surface area contributed by atoms with Crippen LogP contribution in [-0.2, 0) is 19.3 Å². The monoisotopic (exact) mass is 426 g/mol. The zero-order valence-corrected chi connectivity index (χ0v) is 18.4. The Bertz CT molecular complexity index is 757. The zero-order valence-electron chi connectivity index (χ0n) is 16.8. The van der Waals surface area contributed by atoms with Gasteiger partial charge in [-0.05, 0) is 45.7 Å². The first-order chi connectivity index (χ1) is 12.7. The summed E-state index contributed by atoms with van der Waals surface area (Å²) in [7, 11) is 0. The molecule has 4 rings (SSSR count). The van der Waals surface area contributed by atoms with Gasteiger partial charge in [0.1, 0.15) is 11.6 Å². The van der Waals surface area contributed by atoms with Crippen LogP contribution in [0.1, 0.15) is 67.0 Å². The van der Waals surface area contributed by atoms with Crippen molar-refractivity contribution in [2.45, 2.75) is 70.8 Å². The van der Waals surface area contributed by atoms with Gasteiger partial charge in [0, 0.05) is 42.6 Å². The van der Waals surface area contributed by atoms with Crippen molar-refractivity contribution in [3.63, 3.8) is 0 Å². The van der Waals surface area contributed by atoms with Crippen molar-refractivity contribution in [1.29, 1.82) is 0 Å². The summed E-state index contributed by atoms with van der Waals surface area (Å²) in [6, 6.07) is 2.40. The Balaban J connectivity index is 0.00000140.